The van der Waals surface area contributed by atoms with Crippen molar-refractivity contribution in [3.63, 3.8) is 0 Å². The maximum absolute atomic E-state index is 13.3. The predicted octanol–water partition coefficient (Wildman–Crippen LogP) is 5.47. The molecule has 0 aliphatic heterocycles. The minimum Gasteiger partial charge on any atom is -0.478 e. The number of carboxylic acids is 1. The summed E-state index contributed by atoms with van der Waals surface area (Å²) in [6.07, 6.45) is -0.185. The molecule has 28 heavy (non-hydrogen) atoms. The fourth-order valence-electron chi connectivity index (χ4n) is 2.84. The van der Waals surface area contributed by atoms with Crippen molar-refractivity contribution in [2.24, 2.45) is 0 Å². The molecule has 0 aliphatic carbocycles. The third-order valence-corrected chi connectivity index (χ3v) is 5.38. The first-order valence-corrected chi connectivity index (χ1v) is 9.37. The third kappa shape index (κ3) is 3.42. The summed E-state index contributed by atoms with van der Waals surface area (Å²) in [5, 5.41) is 11.9. The number of benzene rings is 2. The normalized spacial score (nSPS) is 11.1. The summed E-state index contributed by atoms with van der Waals surface area (Å²) in [6, 6.07) is 10.6. The maximum atomic E-state index is 13.3. The summed E-state index contributed by atoms with van der Waals surface area (Å²) in [7, 11) is 0. The molecule has 0 fully saturated rings. The minimum atomic E-state index is -1.13. The zero-order valence-corrected chi connectivity index (χ0v) is 15.7. The first-order valence-electron chi connectivity index (χ1n) is 8.11. The van der Waals surface area contributed by atoms with E-state index in [1.165, 1.54) is 23.5 Å². The summed E-state index contributed by atoms with van der Waals surface area (Å²) in [6.45, 7) is 0. The highest BCUT2D eigenvalue weighted by molar-refractivity contribution is 7.11. The number of rotatable bonds is 5. The van der Waals surface area contributed by atoms with E-state index in [1.807, 2.05) is 0 Å². The molecule has 0 radical (unpaired) electrons. The number of aromatic carboxylic acids is 1. The van der Waals surface area contributed by atoms with Crippen LogP contribution in [0.15, 0.2) is 52.3 Å². The highest BCUT2D eigenvalue weighted by atomic mass is 35.5. The number of Topliss-reactive ketones (excluding diaryl/α,β-unsaturated/α-hetero) is 1. The van der Waals surface area contributed by atoms with Crippen molar-refractivity contribution in [2.75, 3.05) is 0 Å². The number of carbonyl (C=O) groups excluding carboxylic acids is 1. The van der Waals surface area contributed by atoms with Crippen molar-refractivity contribution < 1.29 is 23.5 Å². The van der Waals surface area contributed by atoms with Gasteiger partial charge in [0.1, 0.15) is 11.3 Å². The Morgan fingerprint density at radius 1 is 1.18 bits per heavy atom. The van der Waals surface area contributed by atoms with E-state index in [4.69, 9.17) is 16.0 Å². The summed E-state index contributed by atoms with van der Waals surface area (Å²) in [5.41, 5.74) is 1.78. The third-order valence-electron chi connectivity index (χ3n) is 4.15. The van der Waals surface area contributed by atoms with Gasteiger partial charge >= 0.3 is 5.97 Å². The molecule has 2 heterocycles. The van der Waals surface area contributed by atoms with Gasteiger partial charge in [-0.15, -0.1) is 11.3 Å². The van der Waals surface area contributed by atoms with Gasteiger partial charge in [0.2, 0.25) is 5.78 Å². The predicted molar refractivity (Wildman–Crippen MR) is 104 cm³/mol. The molecule has 2 aromatic heterocycles. The van der Waals surface area contributed by atoms with E-state index < -0.39 is 17.6 Å². The fraction of sp³-hybridized carbons (Fsp3) is 0.0500. The molecule has 140 valence electrons. The Balaban J connectivity index is 1.67. The van der Waals surface area contributed by atoms with Crippen molar-refractivity contribution in [3.8, 4) is 11.1 Å². The number of hydrogen-bond acceptors (Lipinski definition) is 5. The average Bonchev–Trinajstić information content (AvgIpc) is 3.26. The van der Waals surface area contributed by atoms with E-state index in [9.17, 15) is 19.1 Å². The molecule has 0 atom stereocenters. The zero-order valence-electron chi connectivity index (χ0n) is 14.1. The second-order valence-electron chi connectivity index (χ2n) is 5.99. The maximum Gasteiger partial charge on any atom is 0.337 e. The molecule has 0 saturated heterocycles. The number of hydrogen-bond donors (Lipinski definition) is 1. The van der Waals surface area contributed by atoms with Crippen molar-refractivity contribution in [3.05, 3.63) is 75.0 Å². The van der Waals surface area contributed by atoms with Crippen LogP contribution in [0.25, 0.3) is 22.2 Å². The van der Waals surface area contributed by atoms with Gasteiger partial charge in [-0.05, 0) is 35.2 Å². The van der Waals surface area contributed by atoms with Crippen molar-refractivity contribution in [1.29, 1.82) is 0 Å². The Kier molecular flexibility index (Phi) is 4.70. The van der Waals surface area contributed by atoms with Crippen LogP contribution >= 0.6 is 22.9 Å². The number of carboxylic acid groups (broad SMARTS) is 1. The molecular weight excluding hydrogens is 405 g/mol. The van der Waals surface area contributed by atoms with Gasteiger partial charge in [0.05, 0.1) is 12.0 Å². The topological polar surface area (TPSA) is 80.4 Å². The highest BCUT2D eigenvalue weighted by Gasteiger charge is 2.24. The van der Waals surface area contributed by atoms with Crippen LogP contribution in [-0.4, -0.2) is 21.8 Å². The number of oxazole rings is 1. The molecule has 0 aliphatic rings. The summed E-state index contributed by atoms with van der Waals surface area (Å²) >= 11 is 7.06. The molecule has 4 aromatic rings. The monoisotopic (exact) mass is 415 g/mol. The first kappa shape index (κ1) is 18.3. The lowest BCUT2D eigenvalue weighted by Crippen LogP contribution is -2.07. The Bertz CT molecular complexity index is 1210. The summed E-state index contributed by atoms with van der Waals surface area (Å²) in [5.74, 6) is -2.29. The minimum absolute atomic E-state index is 0.0582. The average molecular weight is 416 g/mol. The van der Waals surface area contributed by atoms with Crippen molar-refractivity contribution >= 4 is 45.8 Å². The van der Waals surface area contributed by atoms with E-state index in [0.717, 1.165) is 6.07 Å². The number of carbonyl (C=O) groups is 2. The van der Waals surface area contributed by atoms with Gasteiger partial charge in [0.15, 0.2) is 5.58 Å². The standard InChI is InChI=1S/C20H11ClFNO4S/c21-11-3-1-10(2-4-11)13-9-28-17(18(13)20(25)26)8-15(24)19-23-14-6-5-12(22)7-16(14)27-19/h1-7,9H,8H2,(H,25,26). The number of ketones is 1. The van der Waals surface area contributed by atoms with E-state index in [2.05, 4.69) is 4.98 Å². The Labute approximate surface area is 167 Å². The lowest BCUT2D eigenvalue weighted by Gasteiger charge is -2.03. The number of halogens is 2. The Morgan fingerprint density at radius 2 is 1.93 bits per heavy atom. The lowest BCUT2D eigenvalue weighted by molar-refractivity contribution is 0.0697. The molecule has 2 aromatic carbocycles. The fourth-order valence-corrected chi connectivity index (χ4v) is 4.01. The van der Waals surface area contributed by atoms with Crippen LogP contribution in [0, 0.1) is 5.82 Å². The van der Waals surface area contributed by atoms with Gasteiger partial charge in [0.25, 0.3) is 5.89 Å². The second-order valence-corrected chi connectivity index (χ2v) is 7.39. The number of fused-ring (bicyclic) bond motifs is 1. The van der Waals surface area contributed by atoms with Crippen LogP contribution in [0.5, 0.6) is 0 Å². The van der Waals surface area contributed by atoms with Gasteiger partial charge in [-0.2, -0.15) is 0 Å². The van der Waals surface area contributed by atoms with Crippen molar-refractivity contribution in [1.82, 2.24) is 4.98 Å². The SMILES string of the molecule is O=C(Cc1scc(-c2ccc(Cl)cc2)c1C(=O)O)c1nc2ccc(F)cc2o1. The molecule has 0 unspecified atom stereocenters. The van der Waals surface area contributed by atoms with Gasteiger partial charge in [-0.1, -0.05) is 23.7 Å². The molecule has 5 nitrogen and oxygen atoms in total. The zero-order chi connectivity index (χ0) is 19.8. The highest BCUT2D eigenvalue weighted by Crippen LogP contribution is 2.33. The van der Waals surface area contributed by atoms with E-state index >= 15 is 0 Å². The number of aromatic nitrogens is 1. The molecule has 0 bridgehead atoms. The van der Waals surface area contributed by atoms with Crippen LogP contribution < -0.4 is 0 Å². The largest absolute Gasteiger partial charge is 0.478 e. The van der Waals surface area contributed by atoms with Gasteiger partial charge in [-0.25, -0.2) is 14.2 Å². The smallest absolute Gasteiger partial charge is 0.337 e. The lowest BCUT2D eigenvalue weighted by atomic mass is 10.0. The van der Waals surface area contributed by atoms with E-state index in [0.29, 0.717) is 26.5 Å². The molecule has 0 amide bonds. The summed E-state index contributed by atoms with van der Waals surface area (Å²) < 4.78 is 18.6. The summed E-state index contributed by atoms with van der Waals surface area (Å²) in [4.78, 5) is 28.9. The van der Waals surface area contributed by atoms with Crippen molar-refractivity contribution in [2.45, 2.75) is 6.42 Å². The van der Waals surface area contributed by atoms with Gasteiger partial charge in [-0.3, -0.25) is 4.79 Å². The van der Waals surface area contributed by atoms with Crippen LogP contribution in [0.2, 0.25) is 5.02 Å². The van der Waals surface area contributed by atoms with Crippen LogP contribution in [0.3, 0.4) is 0 Å². The van der Waals surface area contributed by atoms with Crippen LogP contribution in [0.4, 0.5) is 4.39 Å². The van der Waals surface area contributed by atoms with E-state index in [-0.39, 0.29) is 23.5 Å². The van der Waals surface area contributed by atoms with Gasteiger partial charge in [0, 0.05) is 21.5 Å². The van der Waals surface area contributed by atoms with Crippen LogP contribution in [-0.2, 0) is 6.42 Å². The quantitative estimate of drug-likeness (QED) is 0.437. The van der Waals surface area contributed by atoms with Gasteiger partial charge < -0.3 is 9.52 Å². The molecule has 8 heteroatoms. The molecule has 0 spiro atoms. The number of nitrogens with zero attached hydrogens (tertiary/aromatic N) is 1. The molecule has 1 N–H and O–H groups in total. The Morgan fingerprint density at radius 3 is 2.64 bits per heavy atom. The Hall–Kier alpha value is -3.03. The second kappa shape index (κ2) is 7.18. The molecule has 0 saturated carbocycles. The number of thiophene rings is 1. The molecule has 4 rings (SSSR count). The first-order chi connectivity index (χ1) is 13.4. The molecular formula is C20H11ClFNO4S. The van der Waals surface area contributed by atoms with Crippen LogP contribution in [0.1, 0.15) is 25.9 Å². The van der Waals surface area contributed by atoms with E-state index in [1.54, 1.807) is 29.6 Å².